The van der Waals surface area contributed by atoms with Crippen molar-refractivity contribution in [1.29, 1.82) is 0 Å². The van der Waals surface area contributed by atoms with Gasteiger partial charge in [-0.1, -0.05) is 17.2 Å². The van der Waals surface area contributed by atoms with Crippen molar-refractivity contribution in [3.63, 3.8) is 0 Å². The molecule has 0 aromatic heterocycles. The number of azide groups is 1. The Kier molecular flexibility index (Phi) is 5.39. The molecule has 1 unspecified atom stereocenters. The summed E-state index contributed by atoms with van der Waals surface area (Å²) in [4.78, 5) is 3.33. The highest BCUT2D eigenvalue weighted by Crippen LogP contribution is 2.21. The predicted octanol–water partition coefficient (Wildman–Crippen LogP) is 2.50. The number of ether oxygens (including phenoxy) is 1. The third-order valence-electron chi connectivity index (χ3n) is 1.97. The van der Waals surface area contributed by atoms with E-state index in [4.69, 9.17) is 10.3 Å². The van der Waals surface area contributed by atoms with Crippen molar-refractivity contribution in [3.8, 4) is 5.75 Å². The second kappa shape index (κ2) is 6.87. The van der Waals surface area contributed by atoms with Crippen LogP contribution in [0.4, 0.5) is 0 Å². The standard InChI is InChI=1S/C10H13N3O2S/c1-15-9-5-2-3-6-10(9)16(14)8-4-7-12-13-11/h2-3,5-6H,4,7-8H2,1H3. The first-order valence-electron chi connectivity index (χ1n) is 4.82. The summed E-state index contributed by atoms with van der Waals surface area (Å²) in [7, 11) is 0.445. The maximum atomic E-state index is 11.9. The van der Waals surface area contributed by atoms with E-state index < -0.39 is 10.8 Å². The average molecular weight is 239 g/mol. The zero-order chi connectivity index (χ0) is 11.8. The van der Waals surface area contributed by atoms with Gasteiger partial charge in [0.25, 0.3) is 0 Å². The Morgan fingerprint density at radius 1 is 1.50 bits per heavy atom. The van der Waals surface area contributed by atoms with Gasteiger partial charge in [0.15, 0.2) is 0 Å². The van der Waals surface area contributed by atoms with Gasteiger partial charge in [-0.3, -0.25) is 4.21 Å². The average Bonchev–Trinajstić information content (AvgIpc) is 2.34. The molecule has 1 aromatic rings. The molecular formula is C10H13N3O2S. The number of methoxy groups -OCH3 is 1. The van der Waals surface area contributed by atoms with E-state index in [-0.39, 0.29) is 0 Å². The molecule has 0 aliphatic rings. The summed E-state index contributed by atoms with van der Waals surface area (Å²) in [5.41, 5.74) is 8.09. The molecule has 1 atom stereocenters. The van der Waals surface area contributed by atoms with E-state index in [1.54, 1.807) is 19.2 Å². The van der Waals surface area contributed by atoms with Gasteiger partial charge in [-0.15, -0.1) is 0 Å². The first-order valence-corrected chi connectivity index (χ1v) is 6.13. The van der Waals surface area contributed by atoms with E-state index in [0.717, 1.165) is 0 Å². The quantitative estimate of drug-likeness (QED) is 0.331. The van der Waals surface area contributed by atoms with Gasteiger partial charge < -0.3 is 4.74 Å². The van der Waals surface area contributed by atoms with E-state index in [1.807, 2.05) is 12.1 Å². The van der Waals surface area contributed by atoms with Gasteiger partial charge in [0.05, 0.1) is 22.8 Å². The molecule has 1 aromatic carbocycles. The first kappa shape index (κ1) is 12.5. The number of rotatable bonds is 6. The van der Waals surface area contributed by atoms with E-state index in [0.29, 0.717) is 29.4 Å². The lowest BCUT2D eigenvalue weighted by atomic mass is 10.3. The molecule has 0 bridgehead atoms. The van der Waals surface area contributed by atoms with Crippen molar-refractivity contribution in [1.82, 2.24) is 0 Å². The van der Waals surface area contributed by atoms with Crippen LogP contribution in [0.1, 0.15) is 6.42 Å². The van der Waals surface area contributed by atoms with Crippen LogP contribution in [0.2, 0.25) is 0 Å². The SMILES string of the molecule is COc1ccccc1S(=O)CCCN=[N+]=[N-]. The fraction of sp³-hybridized carbons (Fsp3) is 0.400. The van der Waals surface area contributed by atoms with Gasteiger partial charge in [-0.05, 0) is 24.1 Å². The zero-order valence-electron chi connectivity index (χ0n) is 9.00. The van der Waals surface area contributed by atoms with Crippen LogP contribution < -0.4 is 4.74 Å². The summed E-state index contributed by atoms with van der Waals surface area (Å²) < 4.78 is 17.0. The highest BCUT2D eigenvalue weighted by Gasteiger charge is 2.08. The lowest BCUT2D eigenvalue weighted by molar-refractivity contribution is 0.404. The summed E-state index contributed by atoms with van der Waals surface area (Å²) in [5.74, 6) is 1.10. The lowest BCUT2D eigenvalue weighted by Gasteiger charge is -2.06. The molecule has 0 heterocycles. The number of hydrogen-bond acceptors (Lipinski definition) is 3. The van der Waals surface area contributed by atoms with Crippen LogP contribution >= 0.6 is 0 Å². The van der Waals surface area contributed by atoms with E-state index >= 15 is 0 Å². The molecule has 0 amide bonds. The van der Waals surface area contributed by atoms with Crippen molar-refractivity contribution < 1.29 is 8.95 Å². The van der Waals surface area contributed by atoms with Gasteiger partial charge in [-0.2, -0.15) is 0 Å². The maximum absolute atomic E-state index is 11.9. The van der Waals surface area contributed by atoms with E-state index in [2.05, 4.69) is 10.0 Å². The molecule has 0 spiro atoms. The summed E-state index contributed by atoms with van der Waals surface area (Å²) in [5, 5.41) is 3.39. The minimum Gasteiger partial charge on any atom is -0.495 e. The van der Waals surface area contributed by atoms with Gasteiger partial charge in [-0.25, -0.2) is 0 Å². The number of para-hydroxylation sites is 1. The zero-order valence-corrected chi connectivity index (χ0v) is 9.81. The molecule has 1 rings (SSSR count). The molecule has 0 N–H and O–H groups in total. The van der Waals surface area contributed by atoms with Crippen LogP contribution in [0.3, 0.4) is 0 Å². The molecule has 16 heavy (non-hydrogen) atoms. The maximum Gasteiger partial charge on any atom is 0.134 e. The van der Waals surface area contributed by atoms with Crippen molar-refractivity contribution in [2.75, 3.05) is 19.4 Å². The summed E-state index contributed by atoms with van der Waals surface area (Å²) in [6, 6.07) is 7.21. The van der Waals surface area contributed by atoms with Crippen molar-refractivity contribution in [2.24, 2.45) is 5.11 Å². The Labute approximate surface area is 96.5 Å². The van der Waals surface area contributed by atoms with Crippen LogP contribution in [0.15, 0.2) is 34.3 Å². The molecular weight excluding hydrogens is 226 g/mol. The van der Waals surface area contributed by atoms with Crippen LogP contribution in [0.5, 0.6) is 5.75 Å². The topological polar surface area (TPSA) is 75.1 Å². The molecule has 6 heteroatoms. The van der Waals surface area contributed by atoms with Gasteiger partial charge >= 0.3 is 0 Å². The fourth-order valence-corrected chi connectivity index (χ4v) is 2.45. The van der Waals surface area contributed by atoms with Gasteiger partial charge in [0, 0.05) is 17.2 Å². The molecule has 5 nitrogen and oxygen atoms in total. The van der Waals surface area contributed by atoms with Crippen LogP contribution in [0.25, 0.3) is 10.4 Å². The van der Waals surface area contributed by atoms with Crippen LogP contribution in [-0.4, -0.2) is 23.6 Å². The van der Waals surface area contributed by atoms with Gasteiger partial charge in [0.2, 0.25) is 0 Å². The number of hydrogen-bond donors (Lipinski definition) is 0. The molecule has 0 fully saturated rings. The number of nitrogens with zero attached hydrogens (tertiary/aromatic N) is 3. The third kappa shape index (κ3) is 3.56. The highest BCUT2D eigenvalue weighted by atomic mass is 32.2. The minimum absolute atomic E-state index is 0.372. The van der Waals surface area contributed by atoms with E-state index in [9.17, 15) is 4.21 Å². The Balaban J connectivity index is 2.61. The van der Waals surface area contributed by atoms with Crippen molar-refractivity contribution in [3.05, 3.63) is 34.7 Å². The molecule has 0 aliphatic heterocycles. The molecule has 0 saturated carbocycles. The largest absolute Gasteiger partial charge is 0.495 e. The highest BCUT2D eigenvalue weighted by molar-refractivity contribution is 7.85. The molecule has 86 valence electrons. The summed E-state index contributed by atoms with van der Waals surface area (Å²) in [6.07, 6.45) is 0.606. The summed E-state index contributed by atoms with van der Waals surface area (Å²) in [6.45, 7) is 0.372. The molecule has 0 saturated heterocycles. The Bertz CT molecular complexity index is 416. The Morgan fingerprint density at radius 2 is 2.25 bits per heavy atom. The normalized spacial score (nSPS) is 11.6. The predicted molar refractivity (Wildman–Crippen MR) is 62.9 cm³/mol. The van der Waals surface area contributed by atoms with Crippen molar-refractivity contribution >= 4 is 10.8 Å². The summed E-state index contributed by atoms with van der Waals surface area (Å²) >= 11 is 0. The Morgan fingerprint density at radius 3 is 2.94 bits per heavy atom. The van der Waals surface area contributed by atoms with E-state index in [1.165, 1.54) is 0 Å². The fourth-order valence-electron chi connectivity index (χ4n) is 1.23. The van der Waals surface area contributed by atoms with Crippen LogP contribution in [-0.2, 0) is 10.8 Å². The minimum atomic E-state index is -1.11. The van der Waals surface area contributed by atoms with Gasteiger partial charge in [0.1, 0.15) is 5.75 Å². The Hall–Kier alpha value is -1.52. The first-order chi connectivity index (χ1) is 7.79. The second-order valence-electron chi connectivity index (χ2n) is 3.01. The third-order valence-corrected chi connectivity index (χ3v) is 3.45. The van der Waals surface area contributed by atoms with Crippen LogP contribution in [0, 0.1) is 0 Å². The molecule has 0 radical (unpaired) electrons. The second-order valence-corrected chi connectivity index (χ2v) is 4.55. The lowest BCUT2D eigenvalue weighted by Crippen LogP contribution is -2.01. The van der Waals surface area contributed by atoms with Crippen molar-refractivity contribution in [2.45, 2.75) is 11.3 Å². The monoisotopic (exact) mass is 239 g/mol. The molecule has 0 aliphatic carbocycles. The smallest absolute Gasteiger partial charge is 0.134 e. The number of benzene rings is 1.